The molecule has 0 unspecified atom stereocenters. The number of nitrogens with one attached hydrogen (secondary N) is 1. The van der Waals surface area contributed by atoms with E-state index in [1.54, 1.807) is 6.07 Å². The van der Waals surface area contributed by atoms with Gasteiger partial charge in [-0.3, -0.25) is 4.79 Å². The summed E-state index contributed by atoms with van der Waals surface area (Å²) in [6.45, 7) is 1.93. The SMILES string of the molecule is Cc1cc(NC(=O)c2cc(Cl)ccc2O)ccc1Br. The first kappa shape index (κ1) is 13.9. The second-order valence-electron chi connectivity index (χ2n) is 4.08. The van der Waals surface area contributed by atoms with Crippen LogP contribution in [-0.4, -0.2) is 11.0 Å². The second kappa shape index (κ2) is 5.63. The number of benzene rings is 2. The van der Waals surface area contributed by atoms with Crippen molar-refractivity contribution in [3.8, 4) is 5.75 Å². The summed E-state index contributed by atoms with van der Waals surface area (Å²) in [5.74, 6) is -0.502. The van der Waals surface area contributed by atoms with Gasteiger partial charge in [0.2, 0.25) is 0 Å². The van der Waals surface area contributed by atoms with Crippen molar-refractivity contribution in [3.63, 3.8) is 0 Å². The zero-order valence-electron chi connectivity index (χ0n) is 10.1. The van der Waals surface area contributed by atoms with Crippen molar-refractivity contribution >= 4 is 39.1 Å². The molecule has 5 heteroatoms. The van der Waals surface area contributed by atoms with Crippen molar-refractivity contribution < 1.29 is 9.90 Å². The maximum absolute atomic E-state index is 12.0. The average Bonchev–Trinajstić information content (AvgIpc) is 2.36. The Morgan fingerprint density at radius 1 is 1.26 bits per heavy atom. The molecule has 0 aliphatic carbocycles. The van der Waals surface area contributed by atoms with Crippen LogP contribution < -0.4 is 5.32 Å². The molecule has 0 spiro atoms. The van der Waals surface area contributed by atoms with Crippen molar-refractivity contribution in [3.05, 3.63) is 57.0 Å². The van der Waals surface area contributed by atoms with Crippen molar-refractivity contribution in [2.24, 2.45) is 0 Å². The predicted octanol–water partition coefficient (Wildman–Crippen LogP) is 4.37. The van der Waals surface area contributed by atoms with E-state index in [0.717, 1.165) is 10.0 Å². The summed E-state index contributed by atoms with van der Waals surface area (Å²) in [6, 6.07) is 9.81. The van der Waals surface area contributed by atoms with Crippen LogP contribution in [0.1, 0.15) is 15.9 Å². The molecule has 0 fully saturated rings. The lowest BCUT2D eigenvalue weighted by Gasteiger charge is -2.08. The lowest BCUT2D eigenvalue weighted by Crippen LogP contribution is -2.12. The van der Waals surface area contributed by atoms with E-state index in [1.165, 1.54) is 18.2 Å². The van der Waals surface area contributed by atoms with Crippen molar-refractivity contribution in [2.75, 3.05) is 5.32 Å². The number of hydrogen-bond acceptors (Lipinski definition) is 2. The first-order chi connectivity index (χ1) is 8.97. The first-order valence-electron chi connectivity index (χ1n) is 5.53. The minimum Gasteiger partial charge on any atom is -0.507 e. The third kappa shape index (κ3) is 3.28. The molecule has 3 nitrogen and oxygen atoms in total. The Hall–Kier alpha value is -1.52. The topological polar surface area (TPSA) is 49.3 Å². The number of phenols is 1. The molecule has 0 aliphatic rings. The van der Waals surface area contributed by atoms with Crippen LogP contribution in [-0.2, 0) is 0 Å². The molecule has 2 rings (SSSR count). The fraction of sp³-hybridized carbons (Fsp3) is 0.0714. The van der Waals surface area contributed by atoms with Crippen LogP contribution >= 0.6 is 27.5 Å². The van der Waals surface area contributed by atoms with Gasteiger partial charge in [-0.1, -0.05) is 27.5 Å². The molecule has 19 heavy (non-hydrogen) atoms. The monoisotopic (exact) mass is 339 g/mol. The molecule has 0 radical (unpaired) electrons. The molecule has 2 N–H and O–H groups in total. The van der Waals surface area contributed by atoms with Gasteiger partial charge in [-0.05, 0) is 48.9 Å². The van der Waals surface area contributed by atoms with Gasteiger partial charge >= 0.3 is 0 Å². The molecule has 98 valence electrons. The normalized spacial score (nSPS) is 10.3. The summed E-state index contributed by atoms with van der Waals surface area (Å²) < 4.78 is 0.969. The van der Waals surface area contributed by atoms with Crippen LogP contribution in [0.3, 0.4) is 0 Å². The Labute approximate surface area is 124 Å². The molecule has 0 heterocycles. The Morgan fingerprint density at radius 3 is 2.68 bits per heavy atom. The van der Waals surface area contributed by atoms with E-state index in [-0.39, 0.29) is 11.3 Å². The number of anilines is 1. The number of rotatable bonds is 2. The second-order valence-corrected chi connectivity index (χ2v) is 5.37. The summed E-state index contributed by atoms with van der Waals surface area (Å²) in [5.41, 5.74) is 1.81. The average molecular weight is 341 g/mol. The number of halogens is 2. The van der Waals surface area contributed by atoms with E-state index in [1.807, 2.05) is 19.1 Å². The van der Waals surface area contributed by atoms with Crippen LogP contribution in [0.25, 0.3) is 0 Å². The summed E-state index contributed by atoms with van der Waals surface area (Å²) in [6.07, 6.45) is 0. The van der Waals surface area contributed by atoms with E-state index >= 15 is 0 Å². The fourth-order valence-corrected chi connectivity index (χ4v) is 2.03. The van der Waals surface area contributed by atoms with Gasteiger partial charge in [0.25, 0.3) is 5.91 Å². The zero-order chi connectivity index (χ0) is 14.0. The summed E-state index contributed by atoms with van der Waals surface area (Å²) in [5, 5.41) is 12.8. The fourth-order valence-electron chi connectivity index (χ4n) is 1.61. The van der Waals surface area contributed by atoms with Crippen LogP contribution in [0.4, 0.5) is 5.69 Å². The Bertz CT molecular complexity index is 643. The molecule has 0 atom stereocenters. The van der Waals surface area contributed by atoms with Crippen LogP contribution in [0, 0.1) is 6.92 Å². The highest BCUT2D eigenvalue weighted by atomic mass is 79.9. The third-order valence-corrected chi connectivity index (χ3v) is 3.74. The van der Waals surface area contributed by atoms with E-state index in [9.17, 15) is 9.90 Å². The van der Waals surface area contributed by atoms with E-state index in [4.69, 9.17) is 11.6 Å². The van der Waals surface area contributed by atoms with Crippen molar-refractivity contribution in [1.82, 2.24) is 0 Å². The molecule has 2 aromatic carbocycles. The maximum Gasteiger partial charge on any atom is 0.259 e. The van der Waals surface area contributed by atoms with Crippen molar-refractivity contribution in [2.45, 2.75) is 6.92 Å². The van der Waals surface area contributed by atoms with E-state index < -0.39 is 5.91 Å². The van der Waals surface area contributed by atoms with Gasteiger partial charge in [0.1, 0.15) is 5.75 Å². The Kier molecular flexibility index (Phi) is 4.12. The number of phenolic OH excluding ortho intramolecular Hbond substituents is 1. The molecular weight excluding hydrogens is 330 g/mol. The van der Waals surface area contributed by atoms with Gasteiger partial charge < -0.3 is 10.4 Å². The molecule has 0 saturated carbocycles. The molecule has 0 aromatic heterocycles. The van der Waals surface area contributed by atoms with Crippen LogP contribution in [0.5, 0.6) is 5.75 Å². The number of carbonyl (C=O) groups is 1. The maximum atomic E-state index is 12.0. The molecule has 0 bridgehead atoms. The number of carbonyl (C=O) groups excluding carboxylic acids is 1. The Balaban J connectivity index is 2.25. The highest BCUT2D eigenvalue weighted by Gasteiger charge is 2.12. The summed E-state index contributed by atoms with van der Waals surface area (Å²) >= 11 is 9.20. The van der Waals surface area contributed by atoms with E-state index in [0.29, 0.717) is 10.7 Å². The molecule has 1 amide bonds. The predicted molar refractivity (Wildman–Crippen MR) is 79.9 cm³/mol. The summed E-state index contributed by atoms with van der Waals surface area (Å²) in [7, 11) is 0. The van der Waals surface area contributed by atoms with Gasteiger partial charge in [-0.25, -0.2) is 0 Å². The molecule has 2 aromatic rings. The zero-order valence-corrected chi connectivity index (χ0v) is 12.4. The standard InChI is InChI=1S/C14H11BrClNO2/c1-8-6-10(3-4-12(8)15)17-14(19)11-7-9(16)2-5-13(11)18/h2-7,18H,1H3,(H,17,19). The highest BCUT2D eigenvalue weighted by molar-refractivity contribution is 9.10. The minimum absolute atomic E-state index is 0.101. The first-order valence-corrected chi connectivity index (χ1v) is 6.70. The quantitative estimate of drug-likeness (QED) is 0.853. The minimum atomic E-state index is -0.401. The molecular formula is C14H11BrClNO2. The third-order valence-electron chi connectivity index (χ3n) is 2.62. The lowest BCUT2D eigenvalue weighted by atomic mass is 10.1. The smallest absolute Gasteiger partial charge is 0.259 e. The largest absolute Gasteiger partial charge is 0.507 e. The number of hydrogen-bond donors (Lipinski definition) is 2. The van der Waals surface area contributed by atoms with Gasteiger partial charge in [-0.15, -0.1) is 0 Å². The van der Waals surface area contributed by atoms with Crippen molar-refractivity contribution in [1.29, 1.82) is 0 Å². The van der Waals surface area contributed by atoms with Gasteiger partial charge in [0.05, 0.1) is 5.56 Å². The van der Waals surface area contributed by atoms with Gasteiger partial charge in [0.15, 0.2) is 0 Å². The summed E-state index contributed by atoms with van der Waals surface area (Å²) in [4.78, 5) is 12.0. The van der Waals surface area contributed by atoms with E-state index in [2.05, 4.69) is 21.2 Å². The molecule has 0 saturated heterocycles. The number of aryl methyl sites for hydroxylation is 1. The van der Waals surface area contributed by atoms with Crippen LogP contribution in [0.2, 0.25) is 5.02 Å². The van der Waals surface area contributed by atoms with Gasteiger partial charge in [0, 0.05) is 15.2 Å². The van der Waals surface area contributed by atoms with Gasteiger partial charge in [-0.2, -0.15) is 0 Å². The molecule has 0 aliphatic heterocycles. The Morgan fingerprint density at radius 2 is 2.00 bits per heavy atom. The highest BCUT2D eigenvalue weighted by Crippen LogP contribution is 2.24. The number of aromatic hydroxyl groups is 1. The lowest BCUT2D eigenvalue weighted by molar-refractivity contribution is 0.102. The number of amides is 1. The van der Waals surface area contributed by atoms with Crippen LogP contribution in [0.15, 0.2) is 40.9 Å².